The average Bonchev–Trinajstić information content (AvgIpc) is 3.19. The third kappa shape index (κ3) is 5.05. The number of benzene rings is 2. The summed E-state index contributed by atoms with van der Waals surface area (Å²) in [6, 6.07) is 16.8. The lowest BCUT2D eigenvalue weighted by Gasteiger charge is -2.10. The highest BCUT2D eigenvalue weighted by atomic mass is 32.1. The number of hydrogen-bond donors (Lipinski definition) is 2. The number of anilines is 1. The highest BCUT2D eigenvalue weighted by Crippen LogP contribution is 2.25. The van der Waals surface area contributed by atoms with E-state index in [4.69, 9.17) is 16.6 Å². The van der Waals surface area contributed by atoms with Gasteiger partial charge in [0.05, 0.1) is 4.92 Å². The Balaban J connectivity index is 1.64. The zero-order chi connectivity index (χ0) is 21.0. The zero-order valence-corrected chi connectivity index (χ0v) is 16.7. The summed E-state index contributed by atoms with van der Waals surface area (Å²) in [6.07, 6.45) is 0. The first-order chi connectivity index (χ1) is 13.8. The molecule has 0 aliphatic rings. The molecule has 2 N–H and O–H groups in total. The van der Waals surface area contributed by atoms with Gasteiger partial charge in [0.1, 0.15) is 5.76 Å². The van der Waals surface area contributed by atoms with Crippen LogP contribution in [0.25, 0.3) is 11.3 Å². The van der Waals surface area contributed by atoms with Crippen LogP contribution in [0, 0.1) is 10.1 Å². The normalized spacial score (nSPS) is 10.6. The molecular weight excluding hydrogens is 390 g/mol. The summed E-state index contributed by atoms with van der Waals surface area (Å²) in [7, 11) is 0. The van der Waals surface area contributed by atoms with Crippen LogP contribution < -0.4 is 10.6 Å². The van der Waals surface area contributed by atoms with Crippen LogP contribution in [0.2, 0.25) is 0 Å². The number of nitro benzene ring substituents is 1. The highest BCUT2D eigenvalue weighted by molar-refractivity contribution is 7.80. The maximum atomic E-state index is 12.4. The Morgan fingerprint density at radius 3 is 2.48 bits per heavy atom. The van der Waals surface area contributed by atoms with Gasteiger partial charge in [0, 0.05) is 23.4 Å². The molecule has 0 spiro atoms. The largest absolute Gasteiger partial charge is 0.451 e. The molecule has 0 fully saturated rings. The molecule has 7 nitrogen and oxygen atoms in total. The topological polar surface area (TPSA) is 97.4 Å². The summed E-state index contributed by atoms with van der Waals surface area (Å²) in [5, 5.41) is 16.6. The zero-order valence-electron chi connectivity index (χ0n) is 15.8. The molecule has 0 aliphatic carbocycles. The van der Waals surface area contributed by atoms with Crippen LogP contribution in [-0.4, -0.2) is 15.9 Å². The fourth-order valence-corrected chi connectivity index (χ4v) is 2.88. The van der Waals surface area contributed by atoms with Gasteiger partial charge >= 0.3 is 0 Å². The highest BCUT2D eigenvalue weighted by Gasteiger charge is 2.15. The van der Waals surface area contributed by atoms with Crippen molar-refractivity contribution in [1.82, 2.24) is 5.32 Å². The number of hydrogen-bond acceptors (Lipinski definition) is 5. The van der Waals surface area contributed by atoms with Crippen molar-refractivity contribution in [3.05, 3.63) is 82.1 Å². The van der Waals surface area contributed by atoms with Crippen molar-refractivity contribution >= 4 is 34.6 Å². The lowest BCUT2D eigenvalue weighted by Crippen LogP contribution is -2.33. The number of nitrogens with zero attached hydrogens (tertiary/aromatic N) is 1. The van der Waals surface area contributed by atoms with Gasteiger partial charge in [-0.2, -0.15) is 0 Å². The number of carbonyl (C=O) groups is 1. The lowest BCUT2D eigenvalue weighted by molar-refractivity contribution is -0.384. The van der Waals surface area contributed by atoms with E-state index in [1.165, 1.54) is 23.8 Å². The first kappa shape index (κ1) is 20.2. The van der Waals surface area contributed by atoms with Gasteiger partial charge in [0.2, 0.25) is 0 Å². The Morgan fingerprint density at radius 2 is 1.83 bits per heavy atom. The Labute approximate surface area is 172 Å². The molecule has 0 saturated carbocycles. The molecule has 1 amide bonds. The van der Waals surface area contributed by atoms with Crippen LogP contribution in [0.5, 0.6) is 0 Å². The lowest BCUT2D eigenvalue weighted by atomic mass is 10.0. The number of nitrogens with one attached hydrogen (secondary N) is 2. The van der Waals surface area contributed by atoms with Gasteiger partial charge in [-0.3, -0.25) is 20.2 Å². The number of non-ortho nitro benzene ring substituents is 1. The SMILES string of the molecule is CC(C)c1ccc(NC(=S)NC(=O)c2ccc(-c3cccc([N+](=O)[O-])c3)o2)cc1. The summed E-state index contributed by atoms with van der Waals surface area (Å²) in [5.74, 6) is 0.306. The molecule has 148 valence electrons. The third-order valence-electron chi connectivity index (χ3n) is 4.23. The van der Waals surface area contributed by atoms with E-state index < -0.39 is 10.8 Å². The van der Waals surface area contributed by atoms with Crippen molar-refractivity contribution in [3.8, 4) is 11.3 Å². The number of rotatable bonds is 5. The van der Waals surface area contributed by atoms with E-state index in [1.807, 2.05) is 24.3 Å². The summed E-state index contributed by atoms with van der Waals surface area (Å²) < 4.78 is 5.54. The van der Waals surface area contributed by atoms with Crippen LogP contribution in [0.1, 0.15) is 35.9 Å². The molecule has 2 aromatic carbocycles. The fourth-order valence-electron chi connectivity index (χ4n) is 2.67. The van der Waals surface area contributed by atoms with Crippen LogP contribution in [0.3, 0.4) is 0 Å². The molecule has 0 bridgehead atoms. The summed E-state index contributed by atoms with van der Waals surface area (Å²) in [6.45, 7) is 4.22. The van der Waals surface area contributed by atoms with Gasteiger partial charge in [-0.25, -0.2) is 0 Å². The number of amides is 1. The van der Waals surface area contributed by atoms with E-state index in [-0.39, 0.29) is 16.6 Å². The number of thiocarbonyl (C=S) groups is 1. The molecule has 1 aromatic heterocycles. The molecule has 8 heteroatoms. The van der Waals surface area contributed by atoms with Crippen molar-refractivity contribution in [1.29, 1.82) is 0 Å². The predicted octanol–water partition coefficient (Wildman–Crippen LogP) is 5.11. The van der Waals surface area contributed by atoms with Crippen molar-refractivity contribution < 1.29 is 14.1 Å². The average molecular weight is 409 g/mol. The number of furan rings is 1. The van der Waals surface area contributed by atoms with E-state index in [2.05, 4.69) is 24.5 Å². The molecule has 3 aromatic rings. The smallest absolute Gasteiger partial charge is 0.293 e. The van der Waals surface area contributed by atoms with E-state index in [0.29, 0.717) is 17.2 Å². The summed E-state index contributed by atoms with van der Waals surface area (Å²) >= 11 is 5.18. The second-order valence-corrected chi connectivity index (χ2v) is 7.06. The van der Waals surface area contributed by atoms with E-state index in [1.54, 1.807) is 18.2 Å². The Hall–Kier alpha value is -3.52. The molecule has 3 rings (SSSR count). The summed E-state index contributed by atoms with van der Waals surface area (Å²) in [5.41, 5.74) is 2.41. The second-order valence-electron chi connectivity index (χ2n) is 6.66. The van der Waals surface area contributed by atoms with Gasteiger partial charge in [0.25, 0.3) is 11.6 Å². The first-order valence-corrected chi connectivity index (χ1v) is 9.31. The summed E-state index contributed by atoms with van der Waals surface area (Å²) in [4.78, 5) is 22.8. The molecule has 0 radical (unpaired) electrons. The predicted molar refractivity (Wildman–Crippen MR) is 115 cm³/mol. The number of carbonyl (C=O) groups excluding carboxylic acids is 1. The van der Waals surface area contributed by atoms with Crippen LogP contribution in [0.4, 0.5) is 11.4 Å². The Kier molecular flexibility index (Phi) is 6.04. The van der Waals surface area contributed by atoms with Gasteiger partial charge in [0.15, 0.2) is 10.9 Å². The standard InChI is InChI=1S/C21H19N3O4S/c1-13(2)14-6-8-16(9-7-14)22-21(29)23-20(25)19-11-10-18(28-19)15-4-3-5-17(12-15)24(26)27/h3-13H,1-2H3,(H2,22,23,25,29). The van der Waals surface area contributed by atoms with Gasteiger partial charge in [-0.05, 0) is 48.0 Å². The fraction of sp³-hybridized carbons (Fsp3) is 0.143. The Bertz CT molecular complexity index is 1060. The van der Waals surface area contributed by atoms with Crippen LogP contribution in [0.15, 0.2) is 65.1 Å². The minimum absolute atomic E-state index is 0.0470. The second kappa shape index (κ2) is 8.66. The van der Waals surface area contributed by atoms with Gasteiger partial charge < -0.3 is 9.73 Å². The molecule has 0 unspecified atom stereocenters. The molecule has 1 heterocycles. The molecule has 0 aliphatic heterocycles. The van der Waals surface area contributed by atoms with Crippen molar-refractivity contribution in [3.63, 3.8) is 0 Å². The van der Waals surface area contributed by atoms with Gasteiger partial charge in [-0.15, -0.1) is 0 Å². The maximum absolute atomic E-state index is 12.4. The molecule has 0 saturated heterocycles. The molecular formula is C21H19N3O4S. The van der Waals surface area contributed by atoms with Crippen LogP contribution >= 0.6 is 12.2 Å². The van der Waals surface area contributed by atoms with Crippen molar-refractivity contribution in [2.24, 2.45) is 0 Å². The minimum Gasteiger partial charge on any atom is -0.451 e. The van der Waals surface area contributed by atoms with E-state index in [9.17, 15) is 14.9 Å². The Morgan fingerprint density at radius 1 is 1.10 bits per heavy atom. The third-order valence-corrected chi connectivity index (χ3v) is 4.44. The quantitative estimate of drug-likeness (QED) is 0.345. The van der Waals surface area contributed by atoms with Crippen molar-refractivity contribution in [2.75, 3.05) is 5.32 Å². The first-order valence-electron chi connectivity index (χ1n) is 8.90. The van der Waals surface area contributed by atoms with E-state index >= 15 is 0 Å². The van der Waals surface area contributed by atoms with Crippen molar-refractivity contribution in [2.45, 2.75) is 19.8 Å². The van der Waals surface area contributed by atoms with Gasteiger partial charge in [-0.1, -0.05) is 38.1 Å². The molecule has 29 heavy (non-hydrogen) atoms. The monoisotopic (exact) mass is 409 g/mol. The number of nitro groups is 1. The van der Waals surface area contributed by atoms with E-state index in [0.717, 1.165) is 5.69 Å². The molecule has 0 atom stereocenters. The van der Waals surface area contributed by atoms with Crippen LogP contribution in [-0.2, 0) is 0 Å². The minimum atomic E-state index is -0.516. The maximum Gasteiger partial charge on any atom is 0.293 e.